The van der Waals surface area contributed by atoms with Gasteiger partial charge in [0, 0.05) is 5.56 Å². The Kier molecular flexibility index (Phi) is 5.17. The summed E-state index contributed by atoms with van der Waals surface area (Å²) in [6, 6.07) is 4.68. The lowest BCUT2D eigenvalue weighted by molar-refractivity contribution is -0.135. The molecule has 104 valence electrons. The van der Waals surface area contributed by atoms with Crippen molar-refractivity contribution in [1.82, 2.24) is 5.32 Å². The van der Waals surface area contributed by atoms with Crippen LogP contribution in [0.15, 0.2) is 18.2 Å². The number of carbonyl (C=O) groups excluding carboxylic acids is 1. The Balaban J connectivity index is 2.86. The molecule has 2 N–H and O–H groups in total. The van der Waals surface area contributed by atoms with Crippen molar-refractivity contribution in [3.63, 3.8) is 0 Å². The average Bonchev–Trinajstić information content (AvgIpc) is 2.35. The fraction of sp³-hybridized carbons (Fsp3) is 0.385. The van der Waals surface area contributed by atoms with E-state index in [0.717, 1.165) is 0 Å². The first-order chi connectivity index (χ1) is 8.93. The molecule has 6 nitrogen and oxygen atoms in total. The maximum Gasteiger partial charge on any atom is 0.322 e. The third-order valence-electron chi connectivity index (χ3n) is 2.19. The Bertz CT molecular complexity index is 470. The number of amides is 1. The standard InChI is InChI=1S/C13H17NO5/c1-8(2)19-10-5-4-9(6-11(10)18-3)13(17)14-7-12(15)16/h4-6,8H,7H2,1-3H3,(H,14,17)(H,15,16). The van der Waals surface area contributed by atoms with Crippen LogP contribution in [0.2, 0.25) is 0 Å². The van der Waals surface area contributed by atoms with Gasteiger partial charge in [-0.1, -0.05) is 0 Å². The SMILES string of the molecule is COc1cc(C(=O)NCC(=O)O)ccc1OC(C)C. The van der Waals surface area contributed by atoms with Gasteiger partial charge in [0.05, 0.1) is 13.2 Å². The van der Waals surface area contributed by atoms with Gasteiger partial charge in [0.1, 0.15) is 6.54 Å². The van der Waals surface area contributed by atoms with Crippen molar-refractivity contribution in [2.75, 3.05) is 13.7 Å². The van der Waals surface area contributed by atoms with Crippen molar-refractivity contribution >= 4 is 11.9 Å². The first-order valence-corrected chi connectivity index (χ1v) is 5.78. The summed E-state index contributed by atoms with van der Waals surface area (Å²) in [7, 11) is 1.47. The molecule has 0 bridgehead atoms. The molecular formula is C13H17NO5. The zero-order valence-electron chi connectivity index (χ0n) is 11.1. The molecular weight excluding hydrogens is 250 g/mol. The molecule has 1 amide bonds. The van der Waals surface area contributed by atoms with Gasteiger partial charge in [0.15, 0.2) is 11.5 Å². The molecule has 0 saturated carbocycles. The van der Waals surface area contributed by atoms with E-state index in [4.69, 9.17) is 14.6 Å². The molecule has 0 aliphatic heterocycles. The summed E-state index contributed by atoms with van der Waals surface area (Å²) in [5.41, 5.74) is 0.314. The minimum Gasteiger partial charge on any atom is -0.493 e. The van der Waals surface area contributed by atoms with Crippen LogP contribution < -0.4 is 14.8 Å². The van der Waals surface area contributed by atoms with E-state index in [1.165, 1.54) is 13.2 Å². The van der Waals surface area contributed by atoms with Crippen molar-refractivity contribution < 1.29 is 24.2 Å². The van der Waals surface area contributed by atoms with Gasteiger partial charge in [-0.25, -0.2) is 0 Å². The number of nitrogens with one attached hydrogen (secondary N) is 1. The first-order valence-electron chi connectivity index (χ1n) is 5.78. The van der Waals surface area contributed by atoms with Crippen LogP contribution in [-0.2, 0) is 4.79 Å². The lowest BCUT2D eigenvalue weighted by atomic mass is 10.2. The molecule has 0 heterocycles. The van der Waals surface area contributed by atoms with Crippen molar-refractivity contribution in [2.45, 2.75) is 20.0 Å². The Morgan fingerprint density at radius 1 is 1.32 bits per heavy atom. The highest BCUT2D eigenvalue weighted by atomic mass is 16.5. The van der Waals surface area contributed by atoms with Crippen LogP contribution in [0.1, 0.15) is 24.2 Å². The zero-order chi connectivity index (χ0) is 14.4. The minimum absolute atomic E-state index is 0.0133. The van der Waals surface area contributed by atoms with Crippen LogP contribution in [0.25, 0.3) is 0 Å². The second kappa shape index (κ2) is 6.63. The molecule has 0 unspecified atom stereocenters. The van der Waals surface area contributed by atoms with E-state index in [9.17, 15) is 9.59 Å². The highest BCUT2D eigenvalue weighted by Gasteiger charge is 2.12. The number of benzene rings is 1. The molecule has 6 heteroatoms. The van der Waals surface area contributed by atoms with E-state index in [0.29, 0.717) is 17.1 Å². The lowest BCUT2D eigenvalue weighted by Gasteiger charge is -2.14. The van der Waals surface area contributed by atoms with Crippen LogP contribution in [0.5, 0.6) is 11.5 Å². The van der Waals surface area contributed by atoms with E-state index in [-0.39, 0.29) is 6.10 Å². The second-order valence-electron chi connectivity index (χ2n) is 4.11. The van der Waals surface area contributed by atoms with Crippen molar-refractivity contribution in [2.24, 2.45) is 0 Å². The smallest absolute Gasteiger partial charge is 0.322 e. The normalized spacial score (nSPS) is 10.1. The Morgan fingerprint density at radius 3 is 2.53 bits per heavy atom. The Hall–Kier alpha value is -2.24. The molecule has 0 radical (unpaired) electrons. The third-order valence-corrected chi connectivity index (χ3v) is 2.19. The number of hydrogen-bond acceptors (Lipinski definition) is 4. The van der Waals surface area contributed by atoms with Gasteiger partial charge in [-0.05, 0) is 32.0 Å². The van der Waals surface area contributed by atoms with Crippen molar-refractivity contribution in [3.05, 3.63) is 23.8 Å². The number of ether oxygens (including phenoxy) is 2. The largest absolute Gasteiger partial charge is 0.493 e. The van der Waals surface area contributed by atoms with Crippen LogP contribution >= 0.6 is 0 Å². The number of carboxylic acids is 1. The number of carbonyl (C=O) groups is 2. The maximum absolute atomic E-state index is 11.7. The summed E-state index contributed by atoms with van der Waals surface area (Å²) in [6.07, 6.45) is -0.0133. The van der Waals surface area contributed by atoms with Gasteiger partial charge in [-0.15, -0.1) is 0 Å². The molecule has 1 aromatic carbocycles. The topological polar surface area (TPSA) is 84.9 Å². The highest BCUT2D eigenvalue weighted by molar-refractivity contribution is 5.96. The van der Waals surface area contributed by atoms with Gasteiger partial charge >= 0.3 is 5.97 Å². The summed E-state index contributed by atoms with van der Waals surface area (Å²) in [6.45, 7) is 3.34. The summed E-state index contributed by atoms with van der Waals surface area (Å²) >= 11 is 0. The molecule has 0 aliphatic rings. The molecule has 0 aliphatic carbocycles. The predicted octanol–water partition coefficient (Wildman–Crippen LogP) is 1.30. The van der Waals surface area contributed by atoms with Gasteiger partial charge < -0.3 is 19.9 Å². The monoisotopic (exact) mass is 267 g/mol. The van der Waals surface area contributed by atoms with Crippen LogP contribution in [0.3, 0.4) is 0 Å². The fourth-order valence-electron chi connectivity index (χ4n) is 1.42. The Morgan fingerprint density at radius 2 is 2.00 bits per heavy atom. The summed E-state index contributed by atoms with van der Waals surface area (Å²) in [4.78, 5) is 22.1. The average molecular weight is 267 g/mol. The number of methoxy groups -OCH3 is 1. The summed E-state index contributed by atoms with van der Waals surface area (Å²) in [5.74, 6) is -0.610. The van der Waals surface area contributed by atoms with Crippen LogP contribution in [0, 0.1) is 0 Å². The molecule has 0 fully saturated rings. The van der Waals surface area contributed by atoms with Crippen LogP contribution in [0.4, 0.5) is 0 Å². The number of carboxylic acid groups (broad SMARTS) is 1. The maximum atomic E-state index is 11.7. The molecule has 19 heavy (non-hydrogen) atoms. The van der Waals surface area contributed by atoms with Crippen LogP contribution in [-0.4, -0.2) is 36.7 Å². The number of aliphatic carboxylic acids is 1. The van der Waals surface area contributed by atoms with E-state index >= 15 is 0 Å². The van der Waals surface area contributed by atoms with Crippen molar-refractivity contribution in [1.29, 1.82) is 0 Å². The van der Waals surface area contributed by atoms with E-state index < -0.39 is 18.4 Å². The molecule has 0 atom stereocenters. The summed E-state index contributed by atoms with van der Waals surface area (Å²) < 4.78 is 10.7. The van der Waals surface area contributed by atoms with Gasteiger partial charge in [0.2, 0.25) is 0 Å². The molecule has 0 aromatic heterocycles. The number of rotatable bonds is 6. The van der Waals surface area contributed by atoms with Crippen molar-refractivity contribution in [3.8, 4) is 11.5 Å². The van der Waals surface area contributed by atoms with Gasteiger partial charge in [-0.3, -0.25) is 9.59 Å². The molecule has 1 aromatic rings. The van der Waals surface area contributed by atoms with Gasteiger partial charge in [0.25, 0.3) is 5.91 Å². The quantitative estimate of drug-likeness (QED) is 0.811. The second-order valence-corrected chi connectivity index (χ2v) is 4.11. The lowest BCUT2D eigenvalue weighted by Crippen LogP contribution is -2.29. The molecule has 1 rings (SSSR count). The molecule has 0 spiro atoms. The number of hydrogen-bond donors (Lipinski definition) is 2. The first kappa shape index (κ1) is 14.8. The predicted molar refractivity (Wildman–Crippen MR) is 68.7 cm³/mol. The van der Waals surface area contributed by atoms with E-state index in [1.807, 2.05) is 13.8 Å². The van der Waals surface area contributed by atoms with E-state index in [2.05, 4.69) is 5.32 Å². The zero-order valence-corrected chi connectivity index (χ0v) is 11.1. The fourth-order valence-corrected chi connectivity index (χ4v) is 1.42. The third kappa shape index (κ3) is 4.50. The van der Waals surface area contributed by atoms with Gasteiger partial charge in [-0.2, -0.15) is 0 Å². The Labute approximate surface area is 111 Å². The summed E-state index contributed by atoms with van der Waals surface area (Å²) in [5, 5.41) is 10.8. The minimum atomic E-state index is -1.10. The molecule has 0 saturated heterocycles. The highest BCUT2D eigenvalue weighted by Crippen LogP contribution is 2.28. The van der Waals surface area contributed by atoms with E-state index in [1.54, 1.807) is 12.1 Å².